The highest BCUT2D eigenvalue weighted by atomic mass is 14.2. The Labute approximate surface area is 281 Å². The summed E-state index contributed by atoms with van der Waals surface area (Å²) in [6, 6.07) is 70.7. The maximum Gasteiger partial charge on any atom is -0.00262 e. The van der Waals surface area contributed by atoms with E-state index < -0.39 is 0 Å². The van der Waals surface area contributed by atoms with Crippen molar-refractivity contribution < 1.29 is 0 Å². The van der Waals surface area contributed by atoms with Crippen LogP contribution < -0.4 is 0 Å². The molecule has 9 aromatic rings. The quantitative estimate of drug-likeness (QED) is 0.171. The molecule has 0 N–H and O–H groups in total. The van der Waals surface area contributed by atoms with Crippen LogP contribution in [0.5, 0.6) is 0 Å². The van der Waals surface area contributed by atoms with Crippen molar-refractivity contribution in [2.45, 2.75) is 0 Å². The second-order valence-corrected chi connectivity index (χ2v) is 12.5. The molecule has 0 aliphatic rings. The number of benzene rings is 9. The molecule has 0 aliphatic carbocycles. The summed E-state index contributed by atoms with van der Waals surface area (Å²) in [6.07, 6.45) is 0. The first-order valence-corrected chi connectivity index (χ1v) is 16.6. The van der Waals surface area contributed by atoms with Crippen molar-refractivity contribution in [2.24, 2.45) is 0 Å². The average molecular weight is 609 g/mol. The average Bonchev–Trinajstić information content (AvgIpc) is 3.17. The molecule has 0 aromatic heterocycles. The van der Waals surface area contributed by atoms with E-state index in [9.17, 15) is 0 Å². The zero-order valence-electron chi connectivity index (χ0n) is 26.5. The molecule has 0 bridgehead atoms. The highest BCUT2D eigenvalue weighted by molar-refractivity contribution is 6.21. The molecule has 9 aromatic carbocycles. The molecular formula is C48H32. The Hall–Kier alpha value is -6.24. The molecule has 0 aliphatic heterocycles. The summed E-state index contributed by atoms with van der Waals surface area (Å²) < 4.78 is 0. The molecule has 0 heteroatoms. The van der Waals surface area contributed by atoms with Gasteiger partial charge in [-0.25, -0.2) is 0 Å². The normalized spacial score (nSPS) is 11.3. The minimum absolute atomic E-state index is 1.22. The molecule has 48 heavy (non-hydrogen) atoms. The number of rotatable bonds is 5. The highest BCUT2D eigenvalue weighted by Gasteiger charge is 2.17. The third kappa shape index (κ3) is 4.96. The van der Waals surface area contributed by atoms with Gasteiger partial charge in [0, 0.05) is 0 Å². The van der Waals surface area contributed by atoms with Gasteiger partial charge in [-0.2, -0.15) is 0 Å². The second kappa shape index (κ2) is 11.8. The lowest BCUT2D eigenvalue weighted by molar-refractivity contribution is 1.60. The van der Waals surface area contributed by atoms with Crippen LogP contribution in [0.4, 0.5) is 0 Å². The van der Waals surface area contributed by atoms with Gasteiger partial charge in [0.2, 0.25) is 0 Å². The van der Waals surface area contributed by atoms with Crippen LogP contribution in [-0.2, 0) is 0 Å². The Bertz CT molecular complexity index is 2500. The van der Waals surface area contributed by atoms with Gasteiger partial charge in [-0.15, -0.1) is 0 Å². The third-order valence-corrected chi connectivity index (χ3v) is 9.67. The molecule has 0 heterocycles. The third-order valence-electron chi connectivity index (χ3n) is 9.67. The summed E-state index contributed by atoms with van der Waals surface area (Å²) >= 11 is 0. The fourth-order valence-electron chi connectivity index (χ4n) is 7.28. The van der Waals surface area contributed by atoms with E-state index in [4.69, 9.17) is 0 Å². The maximum atomic E-state index is 2.37. The summed E-state index contributed by atoms with van der Waals surface area (Å²) in [5.41, 5.74) is 12.4. The van der Waals surface area contributed by atoms with E-state index in [1.807, 2.05) is 0 Å². The molecule has 0 amide bonds. The fraction of sp³-hybridized carbons (Fsp3) is 0. The Balaban J connectivity index is 1.17. The molecule has 9 rings (SSSR count). The highest BCUT2D eigenvalue weighted by Crippen LogP contribution is 2.44. The largest absolute Gasteiger partial charge is 0.0622 e. The molecular weight excluding hydrogens is 577 g/mol. The standard InChI is InChI=1S/C48H32/c1-3-11-33(12-4-1)35-19-21-37(22-20-35)40-29-25-38-26-30-41(32-42(38)31-40)48-45-17-9-7-15-43(45)47(44-16-8-10-18-46(44)48)39-27-23-36(24-28-39)34-13-5-2-6-14-34/h1-32H. The summed E-state index contributed by atoms with van der Waals surface area (Å²) in [5, 5.41) is 7.56. The van der Waals surface area contributed by atoms with E-state index in [0.717, 1.165) is 0 Å². The first kappa shape index (κ1) is 28.0. The van der Waals surface area contributed by atoms with Crippen LogP contribution in [0, 0.1) is 0 Å². The molecule has 0 spiro atoms. The smallest absolute Gasteiger partial charge is 0.00262 e. The van der Waals surface area contributed by atoms with E-state index >= 15 is 0 Å². The van der Waals surface area contributed by atoms with Crippen molar-refractivity contribution >= 4 is 32.3 Å². The van der Waals surface area contributed by atoms with E-state index in [-0.39, 0.29) is 0 Å². The van der Waals surface area contributed by atoms with Crippen LogP contribution in [0.15, 0.2) is 194 Å². The van der Waals surface area contributed by atoms with Gasteiger partial charge in [0.15, 0.2) is 0 Å². The van der Waals surface area contributed by atoms with Crippen molar-refractivity contribution in [1.29, 1.82) is 0 Å². The van der Waals surface area contributed by atoms with Crippen LogP contribution in [0.25, 0.3) is 88.0 Å². The van der Waals surface area contributed by atoms with Gasteiger partial charge in [-0.3, -0.25) is 0 Å². The van der Waals surface area contributed by atoms with Crippen molar-refractivity contribution in [2.75, 3.05) is 0 Å². The lowest BCUT2D eigenvalue weighted by Crippen LogP contribution is -1.91. The molecule has 0 saturated heterocycles. The fourth-order valence-corrected chi connectivity index (χ4v) is 7.28. The topological polar surface area (TPSA) is 0 Å². The van der Waals surface area contributed by atoms with E-state index in [1.54, 1.807) is 0 Å². The van der Waals surface area contributed by atoms with Crippen LogP contribution in [0.3, 0.4) is 0 Å². The van der Waals surface area contributed by atoms with Gasteiger partial charge in [-0.1, -0.05) is 182 Å². The molecule has 0 saturated carbocycles. The van der Waals surface area contributed by atoms with Crippen LogP contribution >= 0.6 is 0 Å². The maximum absolute atomic E-state index is 2.37. The lowest BCUT2D eigenvalue weighted by Gasteiger charge is -2.18. The number of hydrogen-bond acceptors (Lipinski definition) is 0. The molecule has 0 nitrogen and oxygen atoms in total. The van der Waals surface area contributed by atoms with Crippen molar-refractivity contribution in [3.05, 3.63) is 194 Å². The Morgan fingerprint density at radius 2 is 0.500 bits per heavy atom. The molecule has 0 atom stereocenters. The zero-order valence-corrected chi connectivity index (χ0v) is 26.5. The minimum atomic E-state index is 1.22. The van der Waals surface area contributed by atoms with Gasteiger partial charge in [0.1, 0.15) is 0 Å². The monoisotopic (exact) mass is 608 g/mol. The summed E-state index contributed by atoms with van der Waals surface area (Å²) in [4.78, 5) is 0. The van der Waals surface area contributed by atoms with Crippen molar-refractivity contribution in [3.63, 3.8) is 0 Å². The Kier molecular flexibility index (Phi) is 6.91. The second-order valence-electron chi connectivity index (χ2n) is 12.5. The lowest BCUT2D eigenvalue weighted by atomic mass is 9.85. The SMILES string of the molecule is c1ccc(-c2ccc(-c3ccc4ccc(-c5c6ccccc6c(-c6ccc(-c7ccccc7)cc6)c6ccccc56)cc4c3)cc2)cc1. The first-order valence-electron chi connectivity index (χ1n) is 16.6. The number of hydrogen-bond donors (Lipinski definition) is 0. The summed E-state index contributed by atoms with van der Waals surface area (Å²) in [6.45, 7) is 0. The Morgan fingerprint density at radius 3 is 0.979 bits per heavy atom. The predicted octanol–water partition coefficient (Wildman–Crippen LogP) is 13.5. The van der Waals surface area contributed by atoms with Crippen LogP contribution in [-0.4, -0.2) is 0 Å². The predicted molar refractivity (Wildman–Crippen MR) is 206 cm³/mol. The molecule has 0 unspecified atom stereocenters. The van der Waals surface area contributed by atoms with Gasteiger partial charge < -0.3 is 0 Å². The van der Waals surface area contributed by atoms with Gasteiger partial charge in [-0.05, 0) is 100 Å². The molecule has 224 valence electrons. The van der Waals surface area contributed by atoms with Crippen molar-refractivity contribution in [1.82, 2.24) is 0 Å². The van der Waals surface area contributed by atoms with Crippen LogP contribution in [0.1, 0.15) is 0 Å². The minimum Gasteiger partial charge on any atom is -0.0622 e. The van der Waals surface area contributed by atoms with E-state index in [1.165, 1.54) is 88.0 Å². The van der Waals surface area contributed by atoms with E-state index in [2.05, 4.69) is 194 Å². The van der Waals surface area contributed by atoms with Gasteiger partial charge >= 0.3 is 0 Å². The summed E-state index contributed by atoms with van der Waals surface area (Å²) in [5.74, 6) is 0. The molecule has 0 fully saturated rings. The van der Waals surface area contributed by atoms with Gasteiger partial charge in [0.25, 0.3) is 0 Å². The van der Waals surface area contributed by atoms with Gasteiger partial charge in [0.05, 0.1) is 0 Å². The zero-order chi connectivity index (χ0) is 31.9. The molecule has 0 radical (unpaired) electrons. The van der Waals surface area contributed by atoms with Crippen molar-refractivity contribution in [3.8, 4) is 55.6 Å². The number of fused-ring (bicyclic) bond motifs is 3. The van der Waals surface area contributed by atoms with E-state index in [0.29, 0.717) is 0 Å². The van der Waals surface area contributed by atoms with Crippen LogP contribution in [0.2, 0.25) is 0 Å². The summed E-state index contributed by atoms with van der Waals surface area (Å²) in [7, 11) is 0. The first-order chi connectivity index (χ1) is 23.8. The Morgan fingerprint density at radius 1 is 0.188 bits per heavy atom.